The zero-order chi connectivity index (χ0) is 21.1. The predicted octanol–water partition coefficient (Wildman–Crippen LogP) is 3.53. The molecule has 1 unspecified atom stereocenters. The SMILES string of the molecule is Cc1cc(C)c(C(=O)C(C)OC(=O)CCn2cnc3ccccc3c2=O)cc1C. The van der Waals surface area contributed by atoms with E-state index in [1.165, 1.54) is 10.9 Å². The molecule has 6 heteroatoms. The molecule has 0 radical (unpaired) electrons. The van der Waals surface area contributed by atoms with Crippen molar-refractivity contribution in [3.63, 3.8) is 0 Å². The van der Waals surface area contributed by atoms with Crippen LogP contribution >= 0.6 is 0 Å². The Hall–Kier alpha value is -3.28. The number of fused-ring (bicyclic) bond motifs is 1. The smallest absolute Gasteiger partial charge is 0.308 e. The van der Waals surface area contributed by atoms with Crippen molar-refractivity contribution in [1.82, 2.24) is 9.55 Å². The third-order valence-corrected chi connectivity index (χ3v) is 5.07. The van der Waals surface area contributed by atoms with Crippen LogP contribution in [0.1, 0.15) is 40.4 Å². The first-order valence-electron chi connectivity index (χ1n) is 9.53. The van der Waals surface area contributed by atoms with Crippen molar-refractivity contribution in [2.24, 2.45) is 0 Å². The summed E-state index contributed by atoms with van der Waals surface area (Å²) in [4.78, 5) is 41.6. The van der Waals surface area contributed by atoms with E-state index in [0.29, 0.717) is 16.5 Å². The summed E-state index contributed by atoms with van der Waals surface area (Å²) in [5, 5.41) is 0.497. The predicted molar refractivity (Wildman–Crippen MR) is 111 cm³/mol. The maximum atomic E-state index is 12.7. The number of esters is 1. The number of carbonyl (C=O) groups excluding carboxylic acids is 2. The summed E-state index contributed by atoms with van der Waals surface area (Å²) in [7, 11) is 0. The van der Waals surface area contributed by atoms with E-state index in [9.17, 15) is 14.4 Å². The molecule has 0 spiro atoms. The molecular weight excluding hydrogens is 368 g/mol. The topological polar surface area (TPSA) is 78.3 Å². The van der Waals surface area contributed by atoms with Crippen molar-refractivity contribution in [1.29, 1.82) is 0 Å². The fourth-order valence-electron chi connectivity index (χ4n) is 3.23. The zero-order valence-corrected chi connectivity index (χ0v) is 17.1. The second-order valence-electron chi connectivity index (χ2n) is 7.26. The number of Topliss-reactive ketones (excluding diaryl/α,β-unsaturated/α-hetero) is 1. The van der Waals surface area contributed by atoms with E-state index in [0.717, 1.165) is 16.7 Å². The quantitative estimate of drug-likeness (QED) is 0.474. The standard InChI is InChI=1S/C23H24N2O4/c1-14-11-16(3)19(12-15(14)2)22(27)17(4)29-21(26)9-10-25-13-24-20-8-6-5-7-18(20)23(25)28/h5-8,11-13,17H,9-10H2,1-4H3. The maximum Gasteiger partial charge on any atom is 0.308 e. The van der Waals surface area contributed by atoms with Gasteiger partial charge >= 0.3 is 5.97 Å². The van der Waals surface area contributed by atoms with Gasteiger partial charge in [-0.3, -0.25) is 19.0 Å². The number of hydrogen-bond donors (Lipinski definition) is 0. The van der Waals surface area contributed by atoms with Crippen molar-refractivity contribution in [3.8, 4) is 0 Å². The molecule has 0 aliphatic heterocycles. The van der Waals surface area contributed by atoms with Gasteiger partial charge in [-0.05, 0) is 62.6 Å². The molecule has 1 heterocycles. The summed E-state index contributed by atoms with van der Waals surface area (Å²) in [5.41, 5.74) is 3.94. The summed E-state index contributed by atoms with van der Waals surface area (Å²) in [6.07, 6.45) is 0.503. The average Bonchev–Trinajstić information content (AvgIpc) is 2.70. The van der Waals surface area contributed by atoms with Gasteiger partial charge in [-0.2, -0.15) is 0 Å². The molecule has 3 aromatic rings. The van der Waals surface area contributed by atoms with E-state index in [1.807, 2.05) is 39.0 Å². The first-order chi connectivity index (χ1) is 13.8. The third kappa shape index (κ3) is 4.42. The number of ketones is 1. The molecule has 0 aliphatic carbocycles. The van der Waals surface area contributed by atoms with Gasteiger partial charge in [0.25, 0.3) is 5.56 Å². The molecule has 1 atom stereocenters. The summed E-state index contributed by atoms with van der Waals surface area (Å²) in [5.74, 6) is -0.768. The zero-order valence-electron chi connectivity index (χ0n) is 17.1. The summed E-state index contributed by atoms with van der Waals surface area (Å²) < 4.78 is 6.70. The van der Waals surface area contributed by atoms with E-state index in [4.69, 9.17) is 4.74 Å². The Kier molecular flexibility index (Phi) is 5.92. The second kappa shape index (κ2) is 8.39. The second-order valence-corrected chi connectivity index (χ2v) is 7.26. The lowest BCUT2D eigenvalue weighted by molar-refractivity contribution is -0.146. The maximum absolute atomic E-state index is 12.7. The van der Waals surface area contributed by atoms with Crippen LogP contribution in [0.2, 0.25) is 0 Å². The fraction of sp³-hybridized carbons (Fsp3) is 0.304. The molecule has 0 saturated carbocycles. The molecule has 29 heavy (non-hydrogen) atoms. The van der Waals surface area contributed by atoms with Crippen LogP contribution in [0.25, 0.3) is 10.9 Å². The van der Waals surface area contributed by atoms with E-state index in [-0.39, 0.29) is 24.3 Å². The summed E-state index contributed by atoms with van der Waals surface area (Å²) in [6.45, 7) is 7.51. The Balaban J connectivity index is 1.65. The van der Waals surface area contributed by atoms with Crippen molar-refractivity contribution < 1.29 is 14.3 Å². The molecule has 150 valence electrons. The molecule has 0 N–H and O–H groups in total. The summed E-state index contributed by atoms with van der Waals surface area (Å²) in [6, 6.07) is 10.8. The van der Waals surface area contributed by atoms with Crippen LogP contribution in [-0.4, -0.2) is 27.4 Å². The van der Waals surface area contributed by atoms with Crippen molar-refractivity contribution in [2.45, 2.75) is 46.8 Å². The van der Waals surface area contributed by atoms with Gasteiger partial charge in [0.1, 0.15) is 0 Å². The Morgan fingerprint density at radius 2 is 1.76 bits per heavy atom. The molecule has 0 fully saturated rings. The number of benzene rings is 2. The average molecular weight is 392 g/mol. The molecular formula is C23H24N2O4. The number of para-hydroxylation sites is 1. The third-order valence-electron chi connectivity index (χ3n) is 5.07. The molecule has 0 aliphatic rings. The van der Waals surface area contributed by atoms with Crippen LogP contribution in [0.15, 0.2) is 47.5 Å². The Morgan fingerprint density at radius 1 is 1.07 bits per heavy atom. The normalized spacial score (nSPS) is 12.0. The molecule has 2 aromatic carbocycles. The van der Waals surface area contributed by atoms with E-state index in [1.54, 1.807) is 25.1 Å². The van der Waals surface area contributed by atoms with Gasteiger partial charge in [-0.15, -0.1) is 0 Å². The van der Waals surface area contributed by atoms with E-state index in [2.05, 4.69) is 4.98 Å². The molecule has 0 amide bonds. The largest absolute Gasteiger partial charge is 0.454 e. The molecule has 1 aromatic heterocycles. The number of aromatic nitrogens is 2. The van der Waals surface area contributed by atoms with Crippen molar-refractivity contribution in [3.05, 3.63) is 75.3 Å². The highest BCUT2D eigenvalue weighted by molar-refractivity contribution is 6.01. The number of nitrogens with zero attached hydrogens (tertiary/aromatic N) is 2. The van der Waals surface area contributed by atoms with Gasteiger partial charge < -0.3 is 4.74 Å². The van der Waals surface area contributed by atoms with Gasteiger partial charge in [-0.25, -0.2) is 4.98 Å². The lowest BCUT2D eigenvalue weighted by atomic mass is 9.96. The molecule has 0 bridgehead atoms. The summed E-state index contributed by atoms with van der Waals surface area (Å²) >= 11 is 0. The van der Waals surface area contributed by atoms with Crippen molar-refractivity contribution >= 4 is 22.7 Å². The molecule has 6 nitrogen and oxygen atoms in total. The van der Waals surface area contributed by atoms with Crippen LogP contribution in [0.4, 0.5) is 0 Å². The number of aryl methyl sites for hydroxylation is 4. The van der Waals surface area contributed by atoms with Gasteiger partial charge in [0.15, 0.2) is 6.10 Å². The van der Waals surface area contributed by atoms with E-state index < -0.39 is 12.1 Å². The minimum atomic E-state index is -0.894. The number of carbonyl (C=O) groups is 2. The van der Waals surface area contributed by atoms with Crippen LogP contribution in [0.5, 0.6) is 0 Å². The number of ether oxygens (including phenoxy) is 1. The highest BCUT2D eigenvalue weighted by Crippen LogP contribution is 2.18. The highest BCUT2D eigenvalue weighted by atomic mass is 16.5. The van der Waals surface area contributed by atoms with Gasteiger partial charge in [-0.1, -0.05) is 18.2 Å². The number of rotatable bonds is 6. The van der Waals surface area contributed by atoms with E-state index >= 15 is 0 Å². The van der Waals surface area contributed by atoms with Crippen LogP contribution in [-0.2, 0) is 16.1 Å². The minimum Gasteiger partial charge on any atom is -0.454 e. The molecule has 3 rings (SSSR count). The lowest BCUT2D eigenvalue weighted by Crippen LogP contribution is -2.27. The Labute approximate surface area is 169 Å². The van der Waals surface area contributed by atoms with Crippen LogP contribution in [0, 0.1) is 20.8 Å². The monoisotopic (exact) mass is 392 g/mol. The Bertz CT molecular complexity index is 1150. The molecule has 0 saturated heterocycles. The first kappa shape index (κ1) is 20.5. The first-order valence-corrected chi connectivity index (χ1v) is 9.53. The lowest BCUT2D eigenvalue weighted by Gasteiger charge is -2.15. The van der Waals surface area contributed by atoms with Gasteiger partial charge in [0, 0.05) is 12.1 Å². The van der Waals surface area contributed by atoms with Crippen LogP contribution < -0.4 is 5.56 Å². The highest BCUT2D eigenvalue weighted by Gasteiger charge is 2.21. The van der Waals surface area contributed by atoms with Gasteiger partial charge in [0.05, 0.1) is 23.7 Å². The fourth-order valence-corrected chi connectivity index (χ4v) is 3.23. The number of hydrogen-bond acceptors (Lipinski definition) is 5. The Morgan fingerprint density at radius 3 is 2.52 bits per heavy atom. The van der Waals surface area contributed by atoms with Crippen LogP contribution in [0.3, 0.4) is 0 Å². The van der Waals surface area contributed by atoms with Gasteiger partial charge in [0.2, 0.25) is 5.78 Å². The van der Waals surface area contributed by atoms with Crippen molar-refractivity contribution in [2.75, 3.05) is 0 Å². The minimum absolute atomic E-state index is 0.0244.